The van der Waals surface area contributed by atoms with E-state index in [0.717, 1.165) is 135 Å². The fourth-order valence-corrected chi connectivity index (χ4v) is 26.9. The first-order valence-corrected chi connectivity index (χ1v) is 52.4. The SMILES string of the molecule is CC1(C)c2ccccc2-c2c(-c3ccccc3)nc(-c3ccccc3-n3c4ccccc4c4ccc5c(c43)C(C)(C)c3ccccc3-5)nc21.CC1(C)c2ccccc2-c2c(-c3ccccc3)nc(-c3ccccc3-n3c4ccccc4c4ccc5c6ccccc6n(-c6ccccc6)c5c43)nc21.CC1(C)c2ccccc2-c2c(-c3ccccc3)nc(-c3ccccc3-n3c4ccccc4c4ccc5c6ccccc6sc5c43)nc21. The standard InChI is InChI=1S/C49H34N4.C46H35N3.C43H29N3S/c1-49(2)39-25-13-9-23-37(39)43-44(31-17-5-3-6-18-31)50-48(51-47(43)49)38-24-12-16-28-42(38)53-41-27-15-11-22-34(41)36-30-29-35-33-21-10-14-26-40(33)52(45(35)46(36)53)32-19-7-4-8-20-32;1-45(2)35-22-12-8-18-29(35)31-26-27-32-30-19-10-14-24-37(30)49(42(32)40(31)45)38-25-15-11-21-34(38)44-47-41(28-16-6-5-7-17-28)39-33-20-9-13-23-36(33)46(3,4)43(39)48-44;1-43(2)33-20-10-6-18-31(33)37-38(26-14-4-3-5-15-26)44-42(45-41(37)43)32-19-8-12-22-35(32)46-34-21-11-7-16-27(34)29-24-25-30-28-17-9-13-23-36(28)47-40(30)39(29)46/h3-30H,1-2H3;5-27H,1-4H3;3-25H,1-2H3. The molecule has 8 heterocycles. The van der Waals surface area contributed by atoms with Crippen molar-refractivity contribution in [2.24, 2.45) is 0 Å². The van der Waals surface area contributed by atoms with Crippen LogP contribution in [0.3, 0.4) is 0 Å². The van der Waals surface area contributed by atoms with Crippen molar-refractivity contribution in [1.29, 1.82) is 0 Å². The molecule has 0 fully saturated rings. The molecule has 11 heteroatoms. The molecule has 4 aliphatic rings. The highest BCUT2D eigenvalue weighted by molar-refractivity contribution is 7.26. The molecule has 0 atom stereocenters. The zero-order chi connectivity index (χ0) is 99.6. The van der Waals surface area contributed by atoms with Crippen LogP contribution in [0.15, 0.2) is 449 Å². The van der Waals surface area contributed by atoms with Gasteiger partial charge in [-0.05, 0) is 134 Å². The molecule has 706 valence electrons. The largest absolute Gasteiger partial charge is 0.308 e. The third-order valence-corrected chi connectivity index (χ3v) is 33.6. The number of rotatable bonds is 10. The molecule has 0 saturated carbocycles. The van der Waals surface area contributed by atoms with Crippen molar-refractivity contribution in [1.82, 2.24) is 48.2 Å². The summed E-state index contributed by atoms with van der Waals surface area (Å²) in [7, 11) is 0. The number of thiophene rings is 1. The van der Waals surface area contributed by atoms with Crippen LogP contribution >= 0.6 is 11.3 Å². The van der Waals surface area contributed by atoms with Crippen molar-refractivity contribution in [3.05, 3.63) is 494 Å². The smallest absolute Gasteiger partial charge is 0.162 e. The van der Waals surface area contributed by atoms with Gasteiger partial charge in [0.2, 0.25) is 0 Å². The Bertz CT molecular complexity index is 10300. The fourth-order valence-electron chi connectivity index (χ4n) is 25.6. The molecule has 19 aromatic carbocycles. The summed E-state index contributed by atoms with van der Waals surface area (Å²) in [5.74, 6) is 2.21. The Hall–Kier alpha value is -18.2. The van der Waals surface area contributed by atoms with Crippen LogP contribution < -0.4 is 0 Å². The van der Waals surface area contributed by atoms with Crippen LogP contribution in [0.1, 0.15) is 100 Å². The van der Waals surface area contributed by atoms with E-state index in [2.05, 4.69) is 523 Å². The quantitative estimate of drug-likeness (QED) is 0.135. The van der Waals surface area contributed by atoms with E-state index in [9.17, 15) is 0 Å². The average Bonchev–Trinajstić information content (AvgIpc) is 1.55. The normalized spacial score (nSPS) is 13.9. The molecule has 0 bridgehead atoms. The van der Waals surface area contributed by atoms with E-state index in [1.54, 1.807) is 0 Å². The Kier molecular flexibility index (Phi) is 19.5. The van der Waals surface area contributed by atoms with Gasteiger partial charge in [-0.2, -0.15) is 0 Å². The first kappa shape index (κ1) is 87.4. The number of hydrogen-bond acceptors (Lipinski definition) is 7. The van der Waals surface area contributed by atoms with E-state index in [-0.39, 0.29) is 21.7 Å². The molecule has 0 N–H and O–H groups in total. The predicted molar refractivity (Wildman–Crippen MR) is 619 cm³/mol. The van der Waals surface area contributed by atoms with Crippen molar-refractivity contribution in [3.8, 4) is 135 Å². The summed E-state index contributed by atoms with van der Waals surface area (Å²) < 4.78 is 12.4. The topological polar surface area (TPSA) is 97.1 Å². The second-order valence-corrected chi connectivity index (χ2v) is 43.2. The first-order chi connectivity index (χ1) is 73.0. The molecule has 10 nitrogen and oxygen atoms in total. The molecule has 149 heavy (non-hydrogen) atoms. The Balaban J connectivity index is 0.000000105. The van der Waals surface area contributed by atoms with Gasteiger partial charge in [-0.15, -0.1) is 11.3 Å². The maximum Gasteiger partial charge on any atom is 0.162 e. The molecule has 8 aromatic heterocycles. The minimum Gasteiger partial charge on any atom is -0.308 e. The summed E-state index contributed by atoms with van der Waals surface area (Å²) in [6.07, 6.45) is 0. The van der Waals surface area contributed by atoms with Gasteiger partial charge < -0.3 is 18.3 Å². The number of hydrogen-bond donors (Lipinski definition) is 0. The van der Waals surface area contributed by atoms with Crippen LogP contribution in [-0.4, -0.2) is 48.2 Å². The monoisotopic (exact) mass is 1930 g/mol. The van der Waals surface area contributed by atoms with E-state index < -0.39 is 0 Å². The minimum absolute atomic E-state index is 0.174. The fraction of sp³-hybridized carbons (Fsp3) is 0.0870. The molecule has 4 aliphatic carbocycles. The maximum absolute atomic E-state index is 5.54. The number of nitrogens with zero attached hydrogens (tertiary/aromatic N) is 10. The summed E-state index contributed by atoms with van der Waals surface area (Å²) in [4.78, 5) is 33.0. The van der Waals surface area contributed by atoms with Crippen LogP contribution in [0.2, 0.25) is 0 Å². The van der Waals surface area contributed by atoms with Gasteiger partial charge in [0, 0.05) is 136 Å². The molecule has 0 unspecified atom stereocenters. The van der Waals surface area contributed by atoms with Crippen molar-refractivity contribution >= 4 is 119 Å². The molecule has 31 rings (SSSR count). The van der Waals surface area contributed by atoms with Crippen molar-refractivity contribution in [3.63, 3.8) is 0 Å². The molecule has 0 saturated heterocycles. The number of aromatic nitrogens is 10. The van der Waals surface area contributed by atoms with Crippen molar-refractivity contribution in [2.45, 2.75) is 77.0 Å². The third kappa shape index (κ3) is 12.9. The third-order valence-electron chi connectivity index (χ3n) is 32.4. The van der Waals surface area contributed by atoms with Crippen LogP contribution in [0.25, 0.3) is 243 Å². The van der Waals surface area contributed by atoms with E-state index >= 15 is 0 Å². The van der Waals surface area contributed by atoms with Gasteiger partial charge in [0.15, 0.2) is 17.5 Å². The highest BCUT2D eigenvalue weighted by Crippen LogP contribution is 2.59. The second-order valence-electron chi connectivity index (χ2n) is 42.1. The van der Waals surface area contributed by atoms with Crippen LogP contribution in [-0.2, 0) is 21.7 Å². The lowest BCUT2D eigenvalue weighted by Crippen LogP contribution is -2.18. The maximum atomic E-state index is 5.54. The molecule has 0 aliphatic heterocycles. The Morgan fingerprint density at radius 2 is 0.477 bits per heavy atom. The van der Waals surface area contributed by atoms with Crippen molar-refractivity contribution in [2.75, 3.05) is 0 Å². The predicted octanol–water partition coefficient (Wildman–Crippen LogP) is 35.4. The van der Waals surface area contributed by atoms with Gasteiger partial charge in [0.05, 0.1) is 100 Å². The Morgan fingerprint density at radius 1 is 0.195 bits per heavy atom. The average molecular weight is 1930 g/mol. The lowest BCUT2D eigenvalue weighted by atomic mass is 9.81. The van der Waals surface area contributed by atoms with E-state index in [1.807, 2.05) is 11.3 Å². The molecule has 27 aromatic rings. The molecular weight excluding hydrogens is 1830 g/mol. The van der Waals surface area contributed by atoms with E-state index in [1.165, 1.54) is 152 Å². The molecule has 0 amide bonds. The highest BCUT2D eigenvalue weighted by atomic mass is 32.1. The van der Waals surface area contributed by atoms with E-state index in [0.29, 0.717) is 0 Å². The van der Waals surface area contributed by atoms with Gasteiger partial charge in [-0.25, -0.2) is 29.9 Å². The second kappa shape index (κ2) is 33.2. The minimum atomic E-state index is -0.294. The van der Waals surface area contributed by atoms with Gasteiger partial charge in [0.1, 0.15) is 0 Å². The van der Waals surface area contributed by atoms with Gasteiger partial charge in [-0.1, -0.05) is 425 Å². The van der Waals surface area contributed by atoms with Crippen LogP contribution in [0, 0.1) is 0 Å². The summed E-state index contributed by atoms with van der Waals surface area (Å²) in [5.41, 5.74) is 41.6. The summed E-state index contributed by atoms with van der Waals surface area (Å²) in [6.45, 7) is 18.5. The number of para-hydroxylation sites is 8. The molecule has 0 spiro atoms. The molecule has 0 radical (unpaired) electrons. The lowest BCUT2D eigenvalue weighted by molar-refractivity contribution is 0.636. The van der Waals surface area contributed by atoms with Gasteiger partial charge >= 0.3 is 0 Å². The van der Waals surface area contributed by atoms with Crippen LogP contribution in [0.5, 0.6) is 0 Å². The summed E-state index contributed by atoms with van der Waals surface area (Å²) in [6, 6.07) is 161. The molecular formula is C138H98N10S. The Morgan fingerprint density at radius 3 is 0.886 bits per heavy atom. The van der Waals surface area contributed by atoms with Crippen LogP contribution in [0.4, 0.5) is 0 Å². The zero-order valence-electron chi connectivity index (χ0n) is 83.6. The van der Waals surface area contributed by atoms with E-state index in [4.69, 9.17) is 29.9 Å². The summed E-state index contributed by atoms with van der Waals surface area (Å²) >= 11 is 1.87. The zero-order valence-corrected chi connectivity index (χ0v) is 84.4. The number of benzene rings is 19. The summed E-state index contributed by atoms with van der Waals surface area (Å²) in [5, 5.41) is 12.5. The lowest BCUT2D eigenvalue weighted by Gasteiger charge is -2.24. The Labute approximate surface area is 866 Å². The van der Waals surface area contributed by atoms with Gasteiger partial charge in [0.25, 0.3) is 0 Å². The highest BCUT2D eigenvalue weighted by Gasteiger charge is 2.45. The first-order valence-electron chi connectivity index (χ1n) is 51.6. The van der Waals surface area contributed by atoms with Gasteiger partial charge in [-0.3, -0.25) is 0 Å². The van der Waals surface area contributed by atoms with Crippen molar-refractivity contribution < 1.29 is 0 Å². The number of fused-ring (bicyclic) bond motifs is 30.